The minimum absolute atomic E-state index is 0.392. The summed E-state index contributed by atoms with van der Waals surface area (Å²) in [7, 11) is 5.49. The minimum atomic E-state index is -0.673. The van der Waals surface area contributed by atoms with Crippen LogP contribution in [0.15, 0.2) is 5.10 Å². The van der Waals surface area contributed by atoms with Gasteiger partial charge in [0.15, 0.2) is 5.03 Å². The minimum Gasteiger partial charge on any atom is -0.328 e. The first kappa shape index (κ1) is 9.72. The van der Waals surface area contributed by atoms with Crippen LogP contribution in [0, 0.1) is 10.1 Å². The van der Waals surface area contributed by atoms with Gasteiger partial charge in [0.05, 0.1) is 13.3 Å². The topological polar surface area (TPSA) is 65.2 Å². The van der Waals surface area contributed by atoms with Crippen molar-refractivity contribution < 1.29 is 5.03 Å². The van der Waals surface area contributed by atoms with E-state index in [1.54, 1.807) is 23.9 Å². The maximum atomic E-state index is 10.2. The third-order valence-electron chi connectivity index (χ3n) is 1.76. The molecule has 1 rings (SSSR count). The van der Waals surface area contributed by atoms with Crippen molar-refractivity contribution in [2.45, 2.75) is 0 Å². The summed E-state index contributed by atoms with van der Waals surface area (Å²) in [5, 5.41) is 12.8. The number of nitrogens with zero attached hydrogens (tertiary/aromatic N) is 5. The Hall–Kier alpha value is -1.37. The first-order valence-electron chi connectivity index (χ1n) is 3.84. The lowest BCUT2D eigenvalue weighted by molar-refractivity contribution is -0.486. The zero-order chi connectivity index (χ0) is 10.0. The van der Waals surface area contributed by atoms with Crippen molar-refractivity contribution in [3.8, 4) is 0 Å². The Labute approximate surface area is 76.4 Å². The van der Waals surface area contributed by atoms with Crippen molar-refractivity contribution >= 4 is 5.96 Å². The molecule has 1 aliphatic heterocycles. The van der Waals surface area contributed by atoms with E-state index in [2.05, 4.69) is 5.10 Å². The zero-order valence-electron chi connectivity index (χ0n) is 7.97. The highest BCUT2D eigenvalue weighted by molar-refractivity contribution is 5.79. The summed E-state index contributed by atoms with van der Waals surface area (Å²) in [6, 6.07) is 0. The van der Waals surface area contributed by atoms with Gasteiger partial charge in [0, 0.05) is 14.1 Å². The molecule has 1 saturated heterocycles. The summed E-state index contributed by atoms with van der Waals surface area (Å²) in [5.41, 5.74) is 0. The van der Waals surface area contributed by atoms with Gasteiger partial charge in [-0.1, -0.05) is 0 Å². The Kier molecular flexibility index (Phi) is 2.66. The van der Waals surface area contributed by atoms with E-state index in [1.165, 1.54) is 0 Å². The molecule has 1 aliphatic rings. The van der Waals surface area contributed by atoms with Crippen LogP contribution in [0.1, 0.15) is 0 Å². The van der Waals surface area contributed by atoms with Crippen molar-refractivity contribution in [1.29, 1.82) is 0 Å². The van der Waals surface area contributed by atoms with Crippen molar-refractivity contribution in [2.24, 2.45) is 5.10 Å². The van der Waals surface area contributed by atoms with Gasteiger partial charge in [0.1, 0.15) is 5.10 Å². The van der Waals surface area contributed by atoms with E-state index in [-0.39, 0.29) is 0 Å². The predicted octanol–water partition coefficient (Wildman–Crippen LogP) is -0.742. The third kappa shape index (κ3) is 2.28. The molecule has 0 aromatic heterocycles. The Morgan fingerprint density at radius 3 is 2.15 bits per heavy atom. The van der Waals surface area contributed by atoms with E-state index in [9.17, 15) is 10.1 Å². The molecular formula is C6H13N5O2. The first-order chi connectivity index (χ1) is 6.00. The first-order valence-corrected chi connectivity index (χ1v) is 3.84. The highest BCUT2D eigenvalue weighted by Gasteiger charge is 2.23. The van der Waals surface area contributed by atoms with Gasteiger partial charge >= 0.3 is 0 Å². The van der Waals surface area contributed by atoms with Gasteiger partial charge in [-0.15, -0.1) is 0 Å². The molecule has 0 atom stereocenters. The standard InChI is InChI=1S/C6H13N5O2/c1-8-4-9(2)6(7-11(12)13)10(3)5-8/h4-5H2,1-3H3. The maximum Gasteiger partial charge on any atom is 0.275 e. The van der Waals surface area contributed by atoms with Crippen LogP contribution in [0.25, 0.3) is 0 Å². The lowest BCUT2D eigenvalue weighted by Crippen LogP contribution is -2.54. The Morgan fingerprint density at radius 1 is 1.31 bits per heavy atom. The molecular weight excluding hydrogens is 174 g/mol. The highest BCUT2D eigenvalue weighted by atomic mass is 16.7. The molecule has 13 heavy (non-hydrogen) atoms. The second-order valence-electron chi connectivity index (χ2n) is 3.17. The van der Waals surface area contributed by atoms with E-state index in [1.807, 2.05) is 11.9 Å². The fourth-order valence-corrected chi connectivity index (χ4v) is 1.41. The normalized spacial score (nSPS) is 19.2. The smallest absolute Gasteiger partial charge is 0.275 e. The molecule has 0 aromatic rings. The van der Waals surface area contributed by atoms with Crippen molar-refractivity contribution in [3.63, 3.8) is 0 Å². The Morgan fingerprint density at radius 2 is 1.77 bits per heavy atom. The summed E-state index contributed by atoms with van der Waals surface area (Å²) >= 11 is 0. The number of guanidine groups is 1. The van der Waals surface area contributed by atoms with E-state index in [0.29, 0.717) is 19.3 Å². The van der Waals surface area contributed by atoms with Crippen molar-refractivity contribution in [3.05, 3.63) is 10.1 Å². The number of hydrogen-bond acceptors (Lipinski definition) is 3. The second-order valence-corrected chi connectivity index (χ2v) is 3.17. The maximum absolute atomic E-state index is 10.2. The molecule has 0 N–H and O–H groups in total. The summed E-state index contributed by atoms with van der Waals surface area (Å²) in [4.78, 5) is 15.7. The molecule has 0 amide bonds. The molecule has 0 saturated carbocycles. The van der Waals surface area contributed by atoms with Gasteiger partial charge < -0.3 is 9.80 Å². The largest absolute Gasteiger partial charge is 0.328 e. The second kappa shape index (κ2) is 3.56. The van der Waals surface area contributed by atoms with Crippen LogP contribution in [-0.4, -0.2) is 60.2 Å². The van der Waals surface area contributed by atoms with Crippen LogP contribution in [-0.2, 0) is 0 Å². The fraction of sp³-hybridized carbons (Fsp3) is 0.833. The summed E-state index contributed by atoms with van der Waals surface area (Å²) in [6.07, 6.45) is 0. The van der Waals surface area contributed by atoms with Crippen LogP contribution in [0.5, 0.6) is 0 Å². The van der Waals surface area contributed by atoms with Crippen molar-refractivity contribution in [1.82, 2.24) is 14.7 Å². The summed E-state index contributed by atoms with van der Waals surface area (Å²) < 4.78 is 0. The van der Waals surface area contributed by atoms with Gasteiger partial charge in [-0.3, -0.25) is 4.90 Å². The van der Waals surface area contributed by atoms with Crippen molar-refractivity contribution in [2.75, 3.05) is 34.5 Å². The number of hydrazone groups is 1. The molecule has 0 radical (unpaired) electrons. The molecule has 0 unspecified atom stereocenters. The SMILES string of the molecule is CN1CN(C)C(=N[N+](=O)[O-])N(C)C1. The zero-order valence-corrected chi connectivity index (χ0v) is 7.97. The quantitative estimate of drug-likeness (QED) is 0.399. The van der Waals surface area contributed by atoms with Gasteiger partial charge in [0.25, 0.3) is 5.96 Å². The van der Waals surface area contributed by atoms with Crippen LogP contribution in [0.4, 0.5) is 0 Å². The number of nitro groups is 1. The predicted molar refractivity (Wildman–Crippen MR) is 47.5 cm³/mol. The Bertz CT molecular complexity index is 227. The lowest BCUT2D eigenvalue weighted by atomic mass is 10.5. The molecule has 1 fully saturated rings. The van der Waals surface area contributed by atoms with Gasteiger partial charge in [-0.05, 0) is 7.05 Å². The molecule has 0 aromatic carbocycles. The molecule has 7 heteroatoms. The molecule has 74 valence electrons. The van der Waals surface area contributed by atoms with Crippen LogP contribution >= 0.6 is 0 Å². The highest BCUT2D eigenvalue weighted by Crippen LogP contribution is 2.04. The molecule has 1 heterocycles. The van der Waals surface area contributed by atoms with E-state index >= 15 is 0 Å². The van der Waals surface area contributed by atoms with Gasteiger partial charge in [-0.25, -0.2) is 10.1 Å². The molecule has 0 spiro atoms. The summed E-state index contributed by atoms with van der Waals surface area (Å²) in [5.74, 6) is 0.392. The summed E-state index contributed by atoms with van der Waals surface area (Å²) in [6.45, 7) is 1.30. The van der Waals surface area contributed by atoms with E-state index in [0.717, 1.165) is 0 Å². The Balaban J connectivity index is 2.78. The number of hydrogen-bond donors (Lipinski definition) is 0. The van der Waals surface area contributed by atoms with Gasteiger partial charge in [0.2, 0.25) is 0 Å². The van der Waals surface area contributed by atoms with E-state index in [4.69, 9.17) is 0 Å². The molecule has 0 aliphatic carbocycles. The monoisotopic (exact) mass is 187 g/mol. The number of rotatable bonds is 1. The van der Waals surface area contributed by atoms with Gasteiger partial charge in [-0.2, -0.15) is 0 Å². The van der Waals surface area contributed by atoms with Crippen LogP contribution < -0.4 is 0 Å². The molecule has 7 nitrogen and oxygen atoms in total. The molecule has 0 bridgehead atoms. The van der Waals surface area contributed by atoms with Crippen LogP contribution in [0.3, 0.4) is 0 Å². The average molecular weight is 187 g/mol. The third-order valence-corrected chi connectivity index (χ3v) is 1.76. The fourth-order valence-electron chi connectivity index (χ4n) is 1.41. The average Bonchev–Trinajstić information content (AvgIpc) is 1.96. The van der Waals surface area contributed by atoms with E-state index < -0.39 is 5.03 Å². The van der Waals surface area contributed by atoms with Crippen LogP contribution in [0.2, 0.25) is 0 Å². The lowest BCUT2D eigenvalue weighted by Gasteiger charge is -2.37.